The summed E-state index contributed by atoms with van der Waals surface area (Å²) in [6, 6.07) is 3.32. The molecule has 1 heterocycles. The van der Waals surface area contributed by atoms with Crippen molar-refractivity contribution in [2.24, 2.45) is 5.92 Å². The number of carboxylic acids is 1. The molecule has 0 fully saturated rings. The molecule has 0 saturated carbocycles. The largest absolute Gasteiger partial charge is 0.477 e. The Morgan fingerprint density at radius 1 is 1.54 bits per heavy atom. The normalized spacial score (nSPS) is 9.46. The van der Waals surface area contributed by atoms with E-state index in [1.54, 1.807) is 12.1 Å². The van der Waals surface area contributed by atoms with Gasteiger partial charge in [-0.15, -0.1) is 11.3 Å². The van der Waals surface area contributed by atoms with E-state index >= 15 is 0 Å². The third-order valence-corrected chi connectivity index (χ3v) is 2.29. The van der Waals surface area contributed by atoms with Crippen molar-refractivity contribution in [1.82, 2.24) is 0 Å². The summed E-state index contributed by atoms with van der Waals surface area (Å²) < 4.78 is 0. The van der Waals surface area contributed by atoms with E-state index in [-0.39, 0.29) is 0 Å². The fourth-order valence-corrected chi connectivity index (χ4v) is 1.44. The number of hydrogen-bond donors (Lipinski definition) is 1. The van der Waals surface area contributed by atoms with E-state index in [0.717, 1.165) is 4.88 Å². The van der Waals surface area contributed by atoms with Crippen LogP contribution in [0.15, 0.2) is 12.1 Å². The quantitative estimate of drug-likeness (QED) is 0.697. The second-order valence-electron chi connectivity index (χ2n) is 2.89. The lowest BCUT2D eigenvalue weighted by atomic mass is 10.2. The van der Waals surface area contributed by atoms with Crippen LogP contribution >= 0.6 is 11.3 Å². The summed E-state index contributed by atoms with van der Waals surface area (Å²) in [4.78, 5) is 11.7. The van der Waals surface area contributed by atoms with Crippen molar-refractivity contribution in [3.63, 3.8) is 0 Å². The molecular formula is C10H10O2S. The minimum Gasteiger partial charge on any atom is -0.477 e. The zero-order chi connectivity index (χ0) is 9.84. The molecule has 3 heteroatoms. The van der Waals surface area contributed by atoms with Gasteiger partial charge in [-0.05, 0) is 12.1 Å². The molecule has 0 radical (unpaired) electrons. The van der Waals surface area contributed by atoms with E-state index in [9.17, 15) is 4.79 Å². The Labute approximate surface area is 81.2 Å². The van der Waals surface area contributed by atoms with Crippen LogP contribution in [0.4, 0.5) is 0 Å². The Kier molecular flexibility index (Phi) is 3.10. The van der Waals surface area contributed by atoms with Crippen LogP contribution in [0.3, 0.4) is 0 Å². The van der Waals surface area contributed by atoms with Crippen LogP contribution in [0.1, 0.15) is 28.4 Å². The van der Waals surface area contributed by atoms with Gasteiger partial charge in [-0.25, -0.2) is 4.79 Å². The monoisotopic (exact) mass is 194 g/mol. The summed E-state index contributed by atoms with van der Waals surface area (Å²) in [5.41, 5.74) is 0. The molecule has 0 spiro atoms. The first kappa shape index (κ1) is 9.82. The first-order valence-electron chi connectivity index (χ1n) is 3.94. The van der Waals surface area contributed by atoms with Gasteiger partial charge in [0.1, 0.15) is 4.88 Å². The third kappa shape index (κ3) is 2.92. The summed E-state index contributed by atoms with van der Waals surface area (Å²) in [6.45, 7) is 4.00. The highest BCUT2D eigenvalue weighted by atomic mass is 32.1. The Balaban J connectivity index is 2.83. The van der Waals surface area contributed by atoms with Gasteiger partial charge in [0.15, 0.2) is 0 Å². The Hall–Kier alpha value is -1.27. The average Bonchev–Trinajstić information content (AvgIpc) is 2.48. The minimum atomic E-state index is -0.886. The molecule has 0 saturated heterocycles. The maximum absolute atomic E-state index is 10.5. The smallest absolute Gasteiger partial charge is 0.345 e. The number of rotatable bonds is 1. The Morgan fingerprint density at radius 2 is 2.23 bits per heavy atom. The fraction of sp³-hybridized carbons (Fsp3) is 0.300. The van der Waals surface area contributed by atoms with Crippen LogP contribution in [0.5, 0.6) is 0 Å². The van der Waals surface area contributed by atoms with Gasteiger partial charge in [-0.2, -0.15) is 0 Å². The predicted molar refractivity (Wildman–Crippen MR) is 53.0 cm³/mol. The first-order chi connectivity index (χ1) is 6.09. The molecule has 1 rings (SSSR count). The van der Waals surface area contributed by atoms with Crippen molar-refractivity contribution in [3.05, 3.63) is 21.9 Å². The molecule has 0 aliphatic carbocycles. The molecule has 0 aliphatic rings. The summed E-state index contributed by atoms with van der Waals surface area (Å²) in [5, 5.41) is 8.64. The number of carboxylic acid groups (broad SMARTS) is 1. The van der Waals surface area contributed by atoms with Crippen molar-refractivity contribution in [3.8, 4) is 11.8 Å². The van der Waals surface area contributed by atoms with Crippen LogP contribution < -0.4 is 0 Å². The maximum atomic E-state index is 10.5. The molecule has 0 aliphatic heterocycles. The maximum Gasteiger partial charge on any atom is 0.345 e. The predicted octanol–water partition coefficient (Wildman–Crippen LogP) is 2.45. The van der Waals surface area contributed by atoms with E-state index in [4.69, 9.17) is 5.11 Å². The molecule has 0 bridgehead atoms. The highest BCUT2D eigenvalue weighted by Gasteiger charge is 2.04. The van der Waals surface area contributed by atoms with Crippen LogP contribution in [0.2, 0.25) is 0 Å². The Bertz CT molecular complexity index is 366. The van der Waals surface area contributed by atoms with Crippen molar-refractivity contribution < 1.29 is 9.90 Å². The molecule has 13 heavy (non-hydrogen) atoms. The van der Waals surface area contributed by atoms with Gasteiger partial charge in [-0.1, -0.05) is 25.7 Å². The number of carbonyl (C=O) groups is 1. The van der Waals surface area contributed by atoms with Crippen LogP contribution in [-0.2, 0) is 0 Å². The molecule has 0 atom stereocenters. The lowest BCUT2D eigenvalue weighted by Crippen LogP contribution is -1.89. The zero-order valence-electron chi connectivity index (χ0n) is 7.50. The topological polar surface area (TPSA) is 37.3 Å². The molecule has 1 N–H and O–H groups in total. The van der Waals surface area contributed by atoms with Crippen LogP contribution in [-0.4, -0.2) is 11.1 Å². The van der Waals surface area contributed by atoms with Crippen molar-refractivity contribution in [2.45, 2.75) is 13.8 Å². The molecule has 0 aromatic carbocycles. The molecular weight excluding hydrogens is 184 g/mol. The second-order valence-corrected chi connectivity index (χ2v) is 3.98. The minimum absolute atomic E-state index is 0.315. The standard InChI is InChI=1S/C10H10O2S/c1-7(2)3-4-8-5-6-9(13-8)10(11)12/h5-7H,1-2H3,(H,11,12). The van der Waals surface area contributed by atoms with E-state index in [0.29, 0.717) is 10.8 Å². The molecule has 1 aromatic heterocycles. The van der Waals surface area contributed by atoms with Crippen LogP contribution in [0, 0.1) is 17.8 Å². The van der Waals surface area contributed by atoms with Gasteiger partial charge >= 0.3 is 5.97 Å². The number of hydrogen-bond acceptors (Lipinski definition) is 2. The second kappa shape index (κ2) is 4.11. The van der Waals surface area contributed by atoms with E-state index < -0.39 is 5.97 Å². The third-order valence-electron chi connectivity index (χ3n) is 1.30. The summed E-state index contributed by atoms with van der Waals surface area (Å²) >= 11 is 1.21. The van der Waals surface area contributed by atoms with Crippen molar-refractivity contribution in [1.29, 1.82) is 0 Å². The molecule has 1 aromatic rings. The Morgan fingerprint density at radius 3 is 2.69 bits per heavy atom. The highest BCUT2D eigenvalue weighted by molar-refractivity contribution is 7.14. The SMILES string of the molecule is CC(C)C#Cc1ccc(C(=O)O)s1. The van der Waals surface area contributed by atoms with Gasteiger partial charge < -0.3 is 5.11 Å². The fourth-order valence-electron chi connectivity index (χ4n) is 0.735. The van der Waals surface area contributed by atoms with Gasteiger partial charge in [0.2, 0.25) is 0 Å². The van der Waals surface area contributed by atoms with Crippen molar-refractivity contribution in [2.75, 3.05) is 0 Å². The van der Waals surface area contributed by atoms with Crippen LogP contribution in [0.25, 0.3) is 0 Å². The summed E-state index contributed by atoms with van der Waals surface area (Å²) in [5.74, 6) is 5.33. The number of aromatic carboxylic acids is 1. The van der Waals surface area contributed by atoms with Gasteiger partial charge in [-0.3, -0.25) is 0 Å². The molecule has 68 valence electrons. The lowest BCUT2D eigenvalue weighted by Gasteiger charge is -1.85. The molecule has 0 unspecified atom stereocenters. The first-order valence-corrected chi connectivity index (χ1v) is 4.76. The molecule has 2 nitrogen and oxygen atoms in total. The average molecular weight is 194 g/mol. The zero-order valence-corrected chi connectivity index (χ0v) is 8.31. The van der Waals surface area contributed by atoms with Crippen molar-refractivity contribution >= 4 is 17.3 Å². The lowest BCUT2D eigenvalue weighted by molar-refractivity contribution is 0.0702. The molecule has 0 amide bonds. The number of thiophene rings is 1. The van der Waals surface area contributed by atoms with Gasteiger partial charge in [0, 0.05) is 5.92 Å². The summed E-state index contributed by atoms with van der Waals surface area (Å²) in [7, 11) is 0. The highest BCUT2D eigenvalue weighted by Crippen LogP contribution is 2.15. The van der Waals surface area contributed by atoms with Gasteiger partial charge in [0.05, 0.1) is 4.88 Å². The van der Waals surface area contributed by atoms with E-state index in [1.165, 1.54) is 11.3 Å². The van der Waals surface area contributed by atoms with E-state index in [1.807, 2.05) is 13.8 Å². The summed E-state index contributed by atoms with van der Waals surface area (Å²) in [6.07, 6.45) is 0. The van der Waals surface area contributed by atoms with Gasteiger partial charge in [0.25, 0.3) is 0 Å². The van der Waals surface area contributed by atoms with E-state index in [2.05, 4.69) is 11.8 Å².